The van der Waals surface area contributed by atoms with Crippen LogP contribution in [0.4, 0.5) is 0 Å². The summed E-state index contributed by atoms with van der Waals surface area (Å²) >= 11 is 0. The standard InChI is InChI=1S/C16H29N3O.2ClH/c17-15-5-3-4-13(15)12-16(20)19-10-6-14(7-11-19)18-8-1-2-9-18;;/h13-15H,1-12,17H2;2*1H/t13-,15+;;/m0../s1. The van der Waals surface area contributed by atoms with Crippen LogP contribution in [0.2, 0.25) is 0 Å². The number of piperidine rings is 1. The highest BCUT2D eigenvalue weighted by atomic mass is 35.5. The number of nitrogens with zero attached hydrogens (tertiary/aromatic N) is 2. The Labute approximate surface area is 147 Å². The van der Waals surface area contributed by atoms with Crippen LogP contribution in [0.5, 0.6) is 0 Å². The first-order valence-electron chi connectivity index (χ1n) is 8.51. The molecule has 0 aromatic heterocycles. The Morgan fingerprint density at radius 2 is 1.55 bits per heavy atom. The van der Waals surface area contributed by atoms with Gasteiger partial charge in [-0.15, -0.1) is 24.8 Å². The lowest BCUT2D eigenvalue weighted by Gasteiger charge is -2.37. The van der Waals surface area contributed by atoms with E-state index in [9.17, 15) is 4.79 Å². The minimum Gasteiger partial charge on any atom is -0.343 e. The first-order chi connectivity index (χ1) is 9.74. The minimum absolute atomic E-state index is 0. The number of rotatable bonds is 3. The van der Waals surface area contributed by atoms with E-state index in [0.29, 0.717) is 18.2 Å². The quantitative estimate of drug-likeness (QED) is 0.849. The third-order valence-electron chi connectivity index (χ3n) is 5.63. The summed E-state index contributed by atoms with van der Waals surface area (Å²) in [6, 6.07) is 0.997. The van der Waals surface area contributed by atoms with Crippen LogP contribution in [0.25, 0.3) is 0 Å². The molecule has 3 rings (SSSR count). The maximum absolute atomic E-state index is 12.4. The molecule has 2 heterocycles. The number of hydrogen-bond donors (Lipinski definition) is 1. The average molecular weight is 352 g/mol. The van der Waals surface area contributed by atoms with E-state index < -0.39 is 0 Å². The first kappa shape index (κ1) is 20.0. The van der Waals surface area contributed by atoms with Gasteiger partial charge in [0, 0.05) is 31.6 Å². The van der Waals surface area contributed by atoms with E-state index in [0.717, 1.165) is 32.0 Å². The van der Waals surface area contributed by atoms with Crippen molar-refractivity contribution in [2.45, 2.75) is 63.5 Å². The van der Waals surface area contributed by atoms with Gasteiger partial charge < -0.3 is 15.5 Å². The highest BCUT2D eigenvalue weighted by molar-refractivity contribution is 5.85. The highest BCUT2D eigenvalue weighted by Crippen LogP contribution is 2.28. The molecule has 0 radical (unpaired) electrons. The molecule has 1 saturated carbocycles. The van der Waals surface area contributed by atoms with Crippen molar-refractivity contribution >= 4 is 30.7 Å². The predicted octanol–water partition coefficient (Wildman–Crippen LogP) is 2.43. The van der Waals surface area contributed by atoms with E-state index in [-0.39, 0.29) is 30.9 Å². The van der Waals surface area contributed by atoms with Crippen molar-refractivity contribution < 1.29 is 4.79 Å². The Kier molecular flexibility index (Phi) is 8.47. The molecule has 2 N–H and O–H groups in total. The topological polar surface area (TPSA) is 49.6 Å². The molecule has 4 nitrogen and oxygen atoms in total. The van der Waals surface area contributed by atoms with Crippen LogP contribution in [-0.2, 0) is 4.79 Å². The maximum Gasteiger partial charge on any atom is 0.222 e. The van der Waals surface area contributed by atoms with E-state index in [4.69, 9.17) is 5.73 Å². The Bertz CT molecular complexity index is 342. The van der Waals surface area contributed by atoms with Crippen LogP contribution < -0.4 is 5.73 Å². The van der Waals surface area contributed by atoms with Crippen molar-refractivity contribution in [2.24, 2.45) is 11.7 Å². The monoisotopic (exact) mass is 351 g/mol. The lowest BCUT2D eigenvalue weighted by Crippen LogP contribution is -2.46. The maximum atomic E-state index is 12.4. The number of hydrogen-bond acceptors (Lipinski definition) is 3. The molecular formula is C16H31Cl2N3O. The number of nitrogens with two attached hydrogens (primary N) is 1. The summed E-state index contributed by atoms with van der Waals surface area (Å²) in [4.78, 5) is 17.1. The Morgan fingerprint density at radius 3 is 2.09 bits per heavy atom. The van der Waals surface area contributed by atoms with Gasteiger partial charge in [-0.2, -0.15) is 0 Å². The SMILES string of the molecule is Cl.Cl.N[C@@H]1CCC[C@H]1CC(=O)N1CCC(N2CCCC2)CC1. The Balaban J connectivity index is 0.00000121. The zero-order chi connectivity index (χ0) is 13.9. The fourth-order valence-electron chi connectivity index (χ4n) is 4.26. The number of likely N-dealkylation sites (tertiary alicyclic amines) is 2. The highest BCUT2D eigenvalue weighted by Gasteiger charge is 2.31. The van der Waals surface area contributed by atoms with Gasteiger partial charge in [0.2, 0.25) is 5.91 Å². The molecule has 1 amide bonds. The average Bonchev–Trinajstić information content (AvgIpc) is 3.12. The van der Waals surface area contributed by atoms with Crippen molar-refractivity contribution in [3.05, 3.63) is 0 Å². The van der Waals surface area contributed by atoms with E-state index in [1.807, 2.05) is 0 Å². The second-order valence-corrected chi connectivity index (χ2v) is 6.91. The van der Waals surface area contributed by atoms with Crippen LogP contribution in [0.3, 0.4) is 0 Å². The normalized spacial score (nSPS) is 30.0. The Morgan fingerprint density at radius 1 is 0.909 bits per heavy atom. The van der Waals surface area contributed by atoms with Crippen LogP contribution in [0.1, 0.15) is 51.4 Å². The summed E-state index contributed by atoms with van der Waals surface area (Å²) in [5.74, 6) is 0.797. The molecule has 2 saturated heterocycles. The molecule has 2 aliphatic heterocycles. The largest absolute Gasteiger partial charge is 0.343 e. The second-order valence-electron chi connectivity index (χ2n) is 6.91. The van der Waals surface area contributed by atoms with Crippen LogP contribution in [-0.4, -0.2) is 54.0 Å². The van der Waals surface area contributed by atoms with Crippen molar-refractivity contribution in [3.63, 3.8) is 0 Å². The fraction of sp³-hybridized carbons (Fsp3) is 0.938. The minimum atomic E-state index is 0. The van der Waals surface area contributed by atoms with E-state index in [2.05, 4.69) is 9.80 Å². The van der Waals surface area contributed by atoms with Crippen LogP contribution in [0, 0.1) is 5.92 Å². The summed E-state index contributed by atoms with van der Waals surface area (Å²) in [7, 11) is 0. The fourth-order valence-corrected chi connectivity index (χ4v) is 4.26. The van der Waals surface area contributed by atoms with E-state index in [1.54, 1.807) is 0 Å². The van der Waals surface area contributed by atoms with Gasteiger partial charge in [-0.1, -0.05) is 6.42 Å². The van der Waals surface area contributed by atoms with Gasteiger partial charge >= 0.3 is 0 Å². The van der Waals surface area contributed by atoms with E-state index in [1.165, 1.54) is 45.2 Å². The number of halogens is 2. The summed E-state index contributed by atoms with van der Waals surface area (Å²) in [5, 5.41) is 0. The summed E-state index contributed by atoms with van der Waals surface area (Å²) < 4.78 is 0. The third-order valence-corrected chi connectivity index (χ3v) is 5.63. The molecule has 0 spiro atoms. The number of amides is 1. The lowest BCUT2D eigenvalue weighted by atomic mass is 9.97. The molecule has 130 valence electrons. The molecule has 1 aliphatic carbocycles. The molecule has 2 atom stereocenters. The van der Waals surface area contributed by atoms with Gasteiger partial charge in [0.25, 0.3) is 0 Å². The number of carbonyl (C=O) groups is 1. The molecule has 3 fully saturated rings. The van der Waals surface area contributed by atoms with Gasteiger partial charge in [0.1, 0.15) is 0 Å². The van der Waals surface area contributed by atoms with Crippen molar-refractivity contribution in [1.82, 2.24) is 9.80 Å². The van der Waals surface area contributed by atoms with Crippen molar-refractivity contribution in [2.75, 3.05) is 26.2 Å². The predicted molar refractivity (Wildman–Crippen MR) is 94.8 cm³/mol. The molecule has 0 aromatic carbocycles. The smallest absolute Gasteiger partial charge is 0.222 e. The molecule has 0 unspecified atom stereocenters. The number of carbonyl (C=O) groups excluding carboxylic acids is 1. The first-order valence-corrected chi connectivity index (χ1v) is 8.51. The van der Waals surface area contributed by atoms with Crippen LogP contribution >= 0.6 is 24.8 Å². The van der Waals surface area contributed by atoms with Gasteiger partial charge in [0.15, 0.2) is 0 Å². The molecule has 22 heavy (non-hydrogen) atoms. The van der Waals surface area contributed by atoms with Gasteiger partial charge in [-0.05, 0) is 57.5 Å². The zero-order valence-corrected chi connectivity index (χ0v) is 15.0. The summed E-state index contributed by atoms with van der Waals surface area (Å²) in [6.45, 7) is 4.47. The van der Waals surface area contributed by atoms with Gasteiger partial charge in [-0.3, -0.25) is 4.79 Å². The summed E-state index contributed by atoms with van der Waals surface area (Å²) in [5.41, 5.74) is 6.08. The molecule has 0 aromatic rings. The van der Waals surface area contributed by atoms with Crippen molar-refractivity contribution in [3.8, 4) is 0 Å². The molecular weight excluding hydrogens is 321 g/mol. The molecule has 3 aliphatic rings. The van der Waals surface area contributed by atoms with E-state index >= 15 is 0 Å². The summed E-state index contributed by atoms with van der Waals surface area (Å²) in [6.07, 6.45) is 9.21. The van der Waals surface area contributed by atoms with Gasteiger partial charge in [0.05, 0.1) is 0 Å². The molecule has 6 heteroatoms. The Hall–Kier alpha value is -0.0300. The van der Waals surface area contributed by atoms with Crippen molar-refractivity contribution in [1.29, 1.82) is 0 Å². The zero-order valence-electron chi connectivity index (χ0n) is 13.4. The lowest BCUT2D eigenvalue weighted by molar-refractivity contribution is -0.133. The third kappa shape index (κ3) is 4.73. The van der Waals surface area contributed by atoms with Gasteiger partial charge in [-0.25, -0.2) is 0 Å². The van der Waals surface area contributed by atoms with Crippen LogP contribution in [0.15, 0.2) is 0 Å². The molecule has 0 bridgehead atoms. The second kappa shape index (κ2) is 9.31.